The molecule has 2 heterocycles. The van der Waals surface area contributed by atoms with Crippen LogP contribution in [0.3, 0.4) is 0 Å². The van der Waals surface area contributed by atoms with Crippen LogP contribution in [0.2, 0.25) is 5.02 Å². The number of rotatable bonds is 11. The first-order valence-electron chi connectivity index (χ1n) is 11.9. The minimum atomic E-state index is -3.66. The summed E-state index contributed by atoms with van der Waals surface area (Å²) in [5.41, 5.74) is 0.876. The molecule has 0 fully saturated rings. The van der Waals surface area contributed by atoms with Crippen LogP contribution in [-0.2, 0) is 16.6 Å². The molecule has 4 rings (SSSR count). The number of anilines is 1. The number of amides is 1. The number of thiazole rings is 1. The lowest BCUT2D eigenvalue weighted by Crippen LogP contribution is -2.33. The lowest BCUT2D eigenvalue weighted by atomic mass is 10.2. The molecule has 0 N–H and O–H groups in total. The molecule has 0 bridgehead atoms. The third-order valence-corrected chi connectivity index (χ3v) is 9.17. The smallest absolute Gasteiger partial charge is 0.260 e. The van der Waals surface area contributed by atoms with E-state index >= 15 is 0 Å². The number of ether oxygens (including phenoxy) is 1. The molecule has 0 radical (unpaired) electrons. The maximum atomic E-state index is 13.7. The van der Waals surface area contributed by atoms with Crippen molar-refractivity contribution in [2.24, 2.45) is 0 Å². The maximum Gasteiger partial charge on any atom is 0.260 e. The van der Waals surface area contributed by atoms with Crippen molar-refractivity contribution in [2.45, 2.75) is 38.1 Å². The number of methoxy groups -OCH3 is 1. The van der Waals surface area contributed by atoms with E-state index in [1.165, 1.54) is 51.1 Å². The average Bonchev–Trinajstić information content (AvgIpc) is 3.58. The van der Waals surface area contributed by atoms with Crippen LogP contribution in [0.5, 0.6) is 5.75 Å². The van der Waals surface area contributed by atoms with Crippen LogP contribution in [0.1, 0.15) is 42.8 Å². The molecule has 4 aromatic rings. The van der Waals surface area contributed by atoms with Gasteiger partial charge in [0.05, 0.1) is 34.5 Å². The highest BCUT2D eigenvalue weighted by Crippen LogP contribution is 2.39. The minimum Gasteiger partial charge on any atom is -0.494 e. The zero-order valence-corrected chi connectivity index (χ0v) is 23.2. The number of furan rings is 1. The van der Waals surface area contributed by atoms with E-state index in [-0.39, 0.29) is 17.3 Å². The molecule has 2 aromatic carbocycles. The van der Waals surface area contributed by atoms with Gasteiger partial charge < -0.3 is 9.15 Å². The van der Waals surface area contributed by atoms with Gasteiger partial charge in [0.15, 0.2) is 5.13 Å². The number of carbonyl (C=O) groups excluding carboxylic acids is 1. The molecule has 0 saturated carbocycles. The Labute approximate surface area is 225 Å². The number of sulfonamides is 1. The van der Waals surface area contributed by atoms with Crippen molar-refractivity contribution in [3.63, 3.8) is 0 Å². The Hall–Kier alpha value is -2.92. The molecule has 8 nitrogen and oxygen atoms in total. The molecule has 1 amide bonds. The Morgan fingerprint density at radius 3 is 2.38 bits per heavy atom. The van der Waals surface area contributed by atoms with Gasteiger partial charge in [-0.15, -0.1) is 0 Å². The molecule has 196 valence electrons. The maximum absolute atomic E-state index is 13.7. The van der Waals surface area contributed by atoms with Crippen LogP contribution in [0.4, 0.5) is 5.13 Å². The normalized spacial score (nSPS) is 11.8. The number of aromatic nitrogens is 1. The Balaban J connectivity index is 1.70. The molecule has 0 atom stereocenters. The highest BCUT2D eigenvalue weighted by atomic mass is 35.5. The van der Waals surface area contributed by atoms with Crippen LogP contribution < -0.4 is 9.64 Å². The van der Waals surface area contributed by atoms with Crippen molar-refractivity contribution in [2.75, 3.05) is 25.1 Å². The van der Waals surface area contributed by atoms with Gasteiger partial charge in [0.1, 0.15) is 17.0 Å². The van der Waals surface area contributed by atoms with Gasteiger partial charge in [-0.1, -0.05) is 36.8 Å². The summed E-state index contributed by atoms with van der Waals surface area (Å²) < 4.78 is 39.4. The minimum absolute atomic E-state index is 0.131. The van der Waals surface area contributed by atoms with Crippen molar-refractivity contribution in [1.82, 2.24) is 9.29 Å². The molecule has 2 aromatic heterocycles. The Morgan fingerprint density at radius 2 is 1.78 bits per heavy atom. The van der Waals surface area contributed by atoms with E-state index in [1.54, 1.807) is 31.4 Å². The number of halogens is 1. The fraction of sp³-hybridized carbons (Fsp3) is 0.308. The number of fused-ring (bicyclic) bond motifs is 1. The van der Waals surface area contributed by atoms with E-state index in [0.717, 1.165) is 0 Å². The summed E-state index contributed by atoms with van der Waals surface area (Å²) in [7, 11) is -2.11. The second kappa shape index (κ2) is 11.6. The summed E-state index contributed by atoms with van der Waals surface area (Å²) in [6.07, 6.45) is 2.97. The summed E-state index contributed by atoms with van der Waals surface area (Å²) in [5, 5.41) is 0.916. The van der Waals surface area contributed by atoms with Gasteiger partial charge in [-0.2, -0.15) is 4.31 Å². The summed E-state index contributed by atoms with van der Waals surface area (Å²) in [5.74, 6) is 0.763. The number of hydrogen-bond donors (Lipinski definition) is 0. The second-order valence-electron chi connectivity index (χ2n) is 8.32. The summed E-state index contributed by atoms with van der Waals surface area (Å²) in [4.78, 5) is 20.0. The number of hydrogen-bond acceptors (Lipinski definition) is 7. The average molecular weight is 562 g/mol. The predicted octanol–water partition coefficient (Wildman–Crippen LogP) is 6.21. The molecule has 37 heavy (non-hydrogen) atoms. The van der Waals surface area contributed by atoms with Crippen LogP contribution >= 0.6 is 22.9 Å². The van der Waals surface area contributed by atoms with E-state index in [1.807, 2.05) is 13.8 Å². The molecule has 0 aliphatic heterocycles. The van der Waals surface area contributed by atoms with E-state index in [2.05, 4.69) is 4.98 Å². The van der Waals surface area contributed by atoms with Crippen LogP contribution in [0, 0.1) is 0 Å². The number of carbonyl (C=O) groups is 1. The van der Waals surface area contributed by atoms with E-state index in [4.69, 9.17) is 20.8 Å². The van der Waals surface area contributed by atoms with Gasteiger partial charge in [0, 0.05) is 18.7 Å². The van der Waals surface area contributed by atoms with Crippen molar-refractivity contribution in [3.8, 4) is 5.75 Å². The SMILES string of the molecule is CCCN(CCC)S(=O)(=O)c1ccc(C(=O)N(Cc2ccco2)c2nc3c(OC)ccc(Cl)c3s2)cc1. The molecule has 0 spiro atoms. The quantitative estimate of drug-likeness (QED) is 0.216. The van der Waals surface area contributed by atoms with Gasteiger partial charge in [0.25, 0.3) is 5.91 Å². The fourth-order valence-corrected chi connectivity index (χ4v) is 6.81. The first-order chi connectivity index (χ1) is 17.8. The van der Waals surface area contributed by atoms with E-state index < -0.39 is 10.0 Å². The van der Waals surface area contributed by atoms with Crippen molar-refractivity contribution < 1.29 is 22.4 Å². The predicted molar refractivity (Wildman–Crippen MR) is 146 cm³/mol. The topological polar surface area (TPSA) is 93.0 Å². The van der Waals surface area contributed by atoms with Gasteiger partial charge in [0.2, 0.25) is 10.0 Å². The van der Waals surface area contributed by atoms with Gasteiger partial charge >= 0.3 is 0 Å². The van der Waals surface area contributed by atoms with Gasteiger partial charge in [-0.25, -0.2) is 13.4 Å². The molecule has 0 aliphatic carbocycles. The largest absolute Gasteiger partial charge is 0.494 e. The summed E-state index contributed by atoms with van der Waals surface area (Å²) in [6.45, 7) is 4.90. The first-order valence-corrected chi connectivity index (χ1v) is 14.5. The highest BCUT2D eigenvalue weighted by molar-refractivity contribution is 7.89. The highest BCUT2D eigenvalue weighted by Gasteiger charge is 2.26. The number of nitrogens with zero attached hydrogens (tertiary/aromatic N) is 3. The zero-order valence-electron chi connectivity index (χ0n) is 20.8. The van der Waals surface area contributed by atoms with Gasteiger partial charge in [-0.3, -0.25) is 9.69 Å². The van der Waals surface area contributed by atoms with E-state index in [9.17, 15) is 13.2 Å². The second-order valence-corrected chi connectivity index (χ2v) is 11.6. The molecular formula is C26H28ClN3O5S2. The third-order valence-electron chi connectivity index (χ3n) is 5.72. The fourth-order valence-electron chi connectivity index (χ4n) is 3.93. The van der Waals surface area contributed by atoms with Crippen LogP contribution in [-0.4, -0.2) is 43.8 Å². The molecular weight excluding hydrogens is 534 g/mol. The van der Waals surface area contributed by atoms with E-state index in [0.29, 0.717) is 63.4 Å². The first kappa shape index (κ1) is 27.1. The molecule has 0 aliphatic rings. The van der Waals surface area contributed by atoms with Crippen molar-refractivity contribution in [1.29, 1.82) is 0 Å². The summed E-state index contributed by atoms with van der Waals surface area (Å²) in [6, 6.07) is 13.0. The van der Waals surface area contributed by atoms with Crippen molar-refractivity contribution >= 4 is 54.2 Å². The lowest BCUT2D eigenvalue weighted by Gasteiger charge is -2.21. The lowest BCUT2D eigenvalue weighted by molar-refractivity contribution is 0.0983. The Morgan fingerprint density at radius 1 is 1.08 bits per heavy atom. The van der Waals surface area contributed by atoms with Crippen LogP contribution in [0.25, 0.3) is 10.2 Å². The molecule has 11 heteroatoms. The standard InChI is InChI=1S/C26H28ClN3O5S2/c1-4-14-29(15-5-2)37(32,33)20-10-8-18(9-11-20)25(31)30(17-19-7-6-16-35-19)26-28-23-22(34-3)13-12-21(27)24(23)36-26/h6-13,16H,4-5,14-15,17H2,1-3H3. The Bertz CT molecular complexity index is 1460. The van der Waals surface area contributed by atoms with Gasteiger partial charge in [-0.05, 0) is 61.4 Å². The Kier molecular flexibility index (Phi) is 8.53. The summed E-state index contributed by atoms with van der Waals surface area (Å²) >= 11 is 7.67. The van der Waals surface area contributed by atoms with Crippen molar-refractivity contribution in [3.05, 3.63) is 71.1 Å². The molecule has 0 saturated heterocycles. The molecule has 0 unspecified atom stereocenters. The number of benzene rings is 2. The van der Waals surface area contributed by atoms with Crippen LogP contribution in [0.15, 0.2) is 64.1 Å². The monoisotopic (exact) mass is 561 g/mol. The third kappa shape index (κ3) is 5.67. The zero-order chi connectivity index (χ0) is 26.6.